The Hall–Kier alpha value is -2.77. The molecule has 0 fully saturated rings. The fourth-order valence-electron chi connectivity index (χ4n) is 2.69. The van der Waals surface area contributed by atoms with Crippen molar-refractivity contribution >= 4 is 22.5 Å². The lowest BCUT2D eigenvalue weighted by Gasteiger charge is -2.05. The van der Waals surface area contributed by atoms with Crippen LogP contribution in [0.3, 0.4) is 0 Å². The highest BCUT2D eigenvalue weighted by Crippen LogP contribution is 2.28. The van der Waals surface area contributed by atoms with Gasteiger partial charge in [0, 0.05) is 36.8 Å². The van der Waals surface area contributed by atoms with Gasteiger partial charge in [0.05, 0.1) is 17.4 Å². The largest absolute Gasteiger partial charge is 0.419 e. The maximum absolute atomic E-state index is 12.5. The molecule has 8 heteroatoms. The summed E-state index contributed by atoms with van der Waals surface area (Å²) in [6, 6.07) is 5.85. The zero-order valence-electron chi connectivity index (χ0n) is 13.5. The first-order valence-electron chi connectivity index (χ1n) is 7.80. The number of amides is 1. The molecule has 0 spiro atoms. The molecule has 0 aliphatic rings. The molecule has 0 aliphatic carbocycles. The smallest absolute Gasteiger partial charge is 0.359 e. The number of nitrogens with one attached hydrogen (secondary N) is 2. The Morgan fingerprint density at radius 2 is 2.16 bits per heavy atom. The summed E-state index contributed by atoms with van der Waals surface area (Å²) in [5.41, 5.74) is 1.93. The van der Waals surface area contributed by atoms with Crippen LogP contribution in [0.15, 0.2) is 36.8 Å². The van der Waals surface area contributed by atoms with Gasteiger partial charge in [0.15, 0.2) is 0 Å². The zero-order chi connectivity index (χ0) is 18.0. The molecule has 3 rings (SSSR count). The average Bonchev–Trinajstić information content (AvgIpc) is 3.14. The first-order chi connectivity index (χ1) is 11.8. The van der Waals surface area contributed by atoms with Crippen LogP contribution >= 0.6 is 0 Å². The lowest BCUT2D eigenvalue weighted by molar-refractivity contribution is -0.137. The summed E-state index contributed by atoms with van der Waals surface area (Å²) in [5.74, 6) is -0.148. The number of nitrogens with zero attached hydrogens (tertiary/aromatic N) is 2. The minimum absolute atomic E-state index is 0.148. The second-order valence-electron chi connectivity index (χ2n) is 5.86. The number of fused-ring (bicyclic) bond motifs is 1. The number of aromatic nitrogens is 3. The highest BCUT2D eigenvalue weighted by molar-refractivity contribution is 6.01. The summed E-state index contributed by atoms with van der Waals surface area (Å²) in [4.78, 5) is 14.3. The predicted molar refractivity (Wildman–Crippen MR) is 88.2 cm³/mol. The molecule has 2 aromatic heterocycles. The van der Waals surface area contributed by atoms with Gasteiger partial charge in [-0.1, -0.05) is 6.07 Å². The van der Waals surface area contributed by atoms with E-state index in [0.717, 1.165) is 28.9 Å². The quantitative estimate of drug-likeness (QED) is 0.731. The molecule has 0 saturated heterocycles. The molecule has 3 aromatic rings. The van der Waals surface area contributed by atoms with E-state index in [4.69, 9.17) is 0 Å². The molecular formula is C17H17F3N4O. The van der Waals surface area contributed by atoms with E-state index in [9.17, 15) is 18.0 Å². The molecule has 0 unspecified atom stereocenters. The Balaban J connectivity index is 1.65. The molecular weight excluding hydrogens is 333 g/mol. The van der Waals surface area contributed by atoms with Gasteiger partial charge in [-0.25, -0.2) is 0 Å². The highest BCUT2D eigenvalue weighted by atomic mass is 19.4. The minimum atomic E-state index is -4.36. The van der Waals surface area contributed by atoms with Crippen molar-refractivity contribution in [2.75, 3.05) is 5.32 Å². The maximum atomic E-state index is 12.5. The number of aromatic amines is 1. The number of anilines is 1. The molecule has 2 N–H and O–H groups in total. The summed E-state index contributed by atoms with van der Waals surface area (Å²) < 4.78 is 39.0. The SMILES string of the molecule is CC(=O)Nc1c[nH]c2ccc(CCCn3cc(C(F)(F)F)cn3)cc12. The second kappa shape index (κ2) is 6.62. The third kappa shape index (κ3) is 4.01. The molecule has 25 heavy (non-hydrogen) atoms. The predicted octanol–water partition coefficient (Wildman–Crippen LogP) is 3.97. The lowest BCUT2D eigenvalue weighted by atomic mass is 10.1. The van der Waals surface area contributed by atoms with Crippen molar-refractivity contribution in [3.63, 3.8) is 0 Å². The van der Waals surface area contributed by atoms with Crippen LogP contribution in [0.1, 0.15) is 24.5 Å². The topological polar surface area (TPSA) is 62.7 Å². The van der Waals surface area contributed by atoms with E-state index < -0.39 is 11.7 Å². The Kier molecular flexibility index (Phi) is 4.52. The summed E-state index contributed by atoms with van der Waals surface area (Å²) in [7, 11) is 0. The average molecular weight is 350 g/mol. The standard InChI is InChI=1S/C17H17F3N4O/c1-11(25)23-16-9-21-15-5-4-12(7-14(15)16)3-2-6-24-10-13(8-22-24)17(18,19)20/h4-5,7-10,21H,2-3,6H2,1H3,(H,23,25). The zero-order valence-corrected chi connectivity index (χ0v) is 13.5. The number of H-pyrrole nitrogens is 1. The second-order valence-corrected chi connectivity index (χ2v) is 5.86. The van der Waals surface area contributed by atoms with Crippen LogP contribution in [-0.2, 0) is 23.9 Å². The molecule has 1 aromatic carbocycles. The summed E-state index contributed by atoms with van der Waals surface area (Å²) in [6.07, 6.45) is 0.581. The maximum Gasteiger partial charge on any atom is 0.419 e. The van der Waals surface area contributed by atoms with Crippen molar-refractivity contribution in [1.29, 1.82) is 0 Å². The normalized spacial score (nSPS) is 11.8. The van der Waals surface area contributed by atoms with E-state index in [-0.39, 0.29) is 5.91 Å². The van der Waals surface area contributed by atoms with Gasteiger partial charge in [0.2, 0.25) is 5.91 Å². The third-order valence-electron chi connectivity index (χ3n) is 3.87. The van der Waals surface area contributed by atoms with Crippen LogP contribution in [-0.4, -0.2) is 20.7 Å². The number of halogens is 3. The van der Waals surface area contributed by atoms with Crippen LogP contribution in [0.25, 0.3) is 10.9 Å². The van der Waals surface area contributed by atoms with E-state index in [1.807, 2.05) is 18.2 Å². The van der Waals surface area contributed by atoms with Crippen LogP contribution in [0.2, 0.25) is 0 Å². The number of carbonyl (C=O) groups is 1. The van der Waals surface area contributed by atoms with Crippen molar-refractivity contribution in [1.82, 2.24) is 14.8 Å². The van der Waals surface area contributed by atoms with Gasteiger partial charge in [-0.3, -0.25) is 9.48 Å². The summed E-state index contributed by atoms with van der Waals surface area (Å²) >= 11 is 0. The van der Waals surface area contributed by atoms with E-state index >= 15 is 0 Å². The fourth-order valence-corrected chi connectivity index (χ4v) is 2.69. The van der Waals surface area contributed by atoms with Crippen molar-refractivity contribution in [2.24, 2.45) is 0 Å². The Bertz CT molecular complexity index is 895. The number of aryl methyl sites for hydroxylation is 2. The molecule has 0 atom stereocenters. The number of hydrogen-bond acceptors (Lipinski definition) is 2. The molecule has 0 aliphatic heterocycles. The van der Waals surface area contributed by atoms with Gasteiger partial charge in [-0.15, -0.1) is 0 Å². The van der Waals surface area contributed by atoms with Crippen molar-refractivity contribution in [3.8, 4) is 0 Å². The Morgan fingerprint density at radius 3 is 2.84 bits per heavy atom. The molecule has 0 bridgehead atoms. The van der Waals surface area contributed by atoms with E-state index in [1.165, 1.54) is 11.6 Å². The first kappa shape index (κ1) is 17.1. The highest BCUT2D eigenvalue weighted by Gasteiger charge is 2.32. The Morgan fingerprint density at radius 1 is 1.36 bits per heavy atom. The number of hydrogen-bond donors (Lipinski definition) is 2. The van der Waals surface area contributed by atoms with Crippen LogP contribution in [0.5, 0.6) is 0 Å². The molecule has 0 radical (unpaired) electrons. The van der Waals surface area contributed by atoms with E-state index in [2.05, 4.69) is 15.4 Å². The monoisotopic (exact) mass is 350 g/mol. The first-order valence-corrected chi connectivity index (χ1v) is 7.80. The third-order valence-corrected chi connectivity index (χ3v) is 3.87. The van der Waals surface area contributed by atoms with Crippen LogP contribution in [0, 0.1) is 0 Å². The fraction of sp³-hybridized carbons (Fsp3) is 0.294. The van der Waals surface area contributed by atoms with Crippen molar-refractivity contribution in [2.45, 2.75) is 32.5 Å². The van der Waals surface area contributed by atoms with Gasteiger partial charge in [0.25, 0.3) is 0 Å². The van der Waals surface area contributed by atoms with Gasteiger partial charge in [-0.05, 0) is 30.5 Å². The van der Waals surface area contributed by atoms with Gasteiger partial charge in [0.1, 0.15) is 0 Å². The molecule has 2 heterocycles. The molecule has 0 saturated carbocycles. The number of carbonyl (C=O) groups excluding carboxylic acids is 1. The van der Waals surface area contributed by atoms with Gasteiger partial charge >= 0.3 is 6.18 Å². The van der Waals surface area contributed by atoms with Crippen molar-refractivity contribution in [3.05, 3.63) is 47.9 Å². The van der Waals surface area contributed by atoms with E-state index in [0.29, 0.717) is 25.1 Å². The molecule has 5 nitrogen and oxygen atoms in total. The summed E-state index contributed by atoms with van der Waals surface area (Å²) in [6.45, 7) is 1.85. The van der Waals surface area contributed by atoms with Crippen LogP contribution < -0.4 is 5.32 Å². The van der Waals surface area contributed by atoms with Crippen molar-refractivity contribution < 1.29 is 18.0 Å². The summed E-state index contributed by atoms with van der Waals surface area (Å²) in [5, 5.41) is 7.42. The number of alkyl halides is 3. The Labute approximate surface area is 141 Å². The van der Waals surface area contributed by atoms with Gasteiger partial charge < -0.3 is 10.3 Å². The number of rotatable bonds is 5. The van der Waals surface area contributed by atoms with Gasteiger partial charge in [-0.2, -0.15) is 18.3 Å². The molecule has 1 amide bonds. The van der Waals surface area contributed by atoms with E-state index in [1.54, 1.807) is 6.20 Å². The van der Waals surface area contributed by atoms with Crippen LogP contribution in [0.4, 0.5) is 18.9 Å². The number of benzene rings is 1. The minimum Gasteiger partial charge on any atom is -0.359 e. The molecule has 132 valence electrons. The lowest BCUT2D eigenvalue weighted by Crippen LogP contribution is -2.05.